The van der Waals surface area contributed by atoms with Gasteiger partial charge in [0.2, 0.25) is 11.1 Å². The number of benzene rings is 1. The van der Waals surface area contributed by atoms with Gasteiger partial charge in [0.05, 0.1) is 26.5 Å². The van der Waals surface area contributed by atoms with E-state index in [1.165, 1.54) is 11.8 Å². The van der Waals surface area contributed by atoms with Gasteiger partial charge < -0.3 is 14.8 Å². The molecule has 0 saturated heterocycles. The van der Waals surface area contributed by atoms with Crippen molar-refractivity contribution in [2.75, 3.05) is 25.3 Å². The number of rotatable bonds is 8. The first-order valence-corrected chi connectivity index (χ1v) is 7.68. The quantitative estimate of drug-likeness (QED) is 0.579. The summed E-state index contributed by atoms with van der Waals surface area (Å²) >= 11 is 1.25. The van der Waals surface area contributed by atoms with Crippen LogP contribution in [0.5, 0.6) is 11.5 Å². The number of nitrogens with one attached hydrogen (secondary N) is 1. The lowest BCUT2D eigenvalue weighted by atomic mass is 10.2. The van der Waals surface area contributed by atoms with Gasteiger partial charge >= 0.3 is 0 Å². The SMILES string of the molecule is C=CCn1nnnc1SCC(=O)Nc1ccc(OC)c(OC)c1. The Balaban J connectivity index is 1.94. The molecule has 23 heavy (non-hydrogen) atoms. The maximum Gasteiger partial charge on any atom is 0.234 e. The standard InChI is InChI=1S/C14H17N5O3S/c1-4-7-19-14(16-17-18-19)23-9-13(20)15-10-5-6-11(21-2)12(8-10)22-3/h4-6,8H,1,7,9H2,2-3H3,(H,15,20). The van der Waals surface area contributed by atoms with Crippen molar-refractivity contribution >= 4 is 23.4 Å². The maximum atomic E-state index is 12.0. The maximum absolute atomic E-state index is 12.0. The Morgan fingerprint density at radius 3 is 2.87 bits per heavy atom. The molecule has 0 spiro atoms. The summed E-state index contributed by atoms with van der Waals surface area (Å²) in [5.41, 5.74) is 0.624. The van der Waals surface area contributed by atoms with E-state index in [0.29, 0.717) is 28.9 Å². The summed E-state index contributed by atoms with van der Waals surface area (Å²) in [5.74, 6) is 1.16. The van der Waals surface area contributed by atoms with Crippen LogP contribution in [0.1, 0.15) is 0 Å². The number of ether oxygens (including phenoxy) is 2. The molecule has 1 aromatic carbocycles. The predicted molar refractivity (Wildman–Crippen MR) is 86.9 cm³/mol. The molecule has 0 aliphatic rings. The molecule has 1 N–H and O–H groups in total. The summed E-state index contributed by atoms with van der Waals surface area (Å²) < 4.78 is 11.9. The van der Waals surface area contributed by atoms with Crippen molar-refractivity contribution in [2.24, 2.45) is 0 Å². The predicted octanol–water partition coefficient (Wildman–Crippen LogP) is 1.61. The first-order chi connectivity index (χ1) is 11.2. The minimum Gasteiger partial charge on any atom is -0.493 e. The summed E-state index contributed by atoms with van der Waals surface area (Å²) in [6.07, 6.45) is 1.68. The van der Waals surface area contributed by atoms with Gasteiger partial charge in [0.25, 0.3) is 0 Å². The molecule has 2 aromatic rings. The second-order valence-corrected chi connectivity index (χ2v) is 5.28. The number of tetrazole rings is 1. The molecular formula is C14H17N5O3S. The molecule has 0 radical (unpaired) electrons. The van der Waals surface area contributed by atoms with E-state index in [9.17, 15) is 4.79 Å². The van der Waals surface area contributed by atoms with Gasteiger partial charge in [-0.25, -0.2) is 4.68 Å². The Bertz CT molecular complexity index is 689. The summed E-state index contributed by atoms with van der Waals surface area (Å²) in [5, 5.41) is 14.6. The summed E-state index contributed by atoms with van der Waals surface area (Å²) in [6, 6.07) is 5.17. The fraction of sp³-hybridized carbons (Fsp3) is 0.286. The molecule has 1 amide bonds. The molecule has 9 heteroatoms. The van der Waals surface area contributed by atoms with Crippen LogP contribution >= 0.6 is 11.8 Å². The molecule has 0 aliphatic carbocycles. The highest BCUT2D eigenvalue weighted by atomic mass is 32.2. The van der Waals surface area contributed by atoms with Crippen molar-refractivity contribution in [1.29, 1.82) is 0 Å². The van der Waals surface area contributed by atoms with Gasteiger partial charge in [-0.3, -0.25) is 4.79 Å². The summed E-state index contributed by atoms with van der Waals surface area (Å²) in [4.78, 5) is 12.0. The van der Waals surface area contributed by atoms with Crippen LogP contribution in [0.3, 0.4) is 0 Å². The van der Waals surface area contributed by atoms with Crippen LogP contribution in [0.25, 0.3) is 0 Å². The Kier molecular flexibility index (Phi) is 5.98. The van der Waals surface area contributed by atoms with Crippen LogP contribution in [0.4, 0.5) is 5.69 Å². The lowest BCUT2D eigenvalue weighted by molar-refractivity contribution is -0.113. The molecule has 0 bridgehead atoms. The van der Waals surface area contributed by atoms with E-state index >= 15 is 0 Å². The van der Waals surface area contributed by atoms with Crippen molar-refractivity contribution in [3.8, 4) is 11.5 Å². The number of thioether (sulfide) groups is 1. The highest BCUT2D eigenvalue weighted by molar-refractivity contribution is 7.99. The summed E-state index contributed by atoms with van der Waals surface area (Å²) in [6.45, 7) is 4.12. The molecule has 2 rings (SSSR count). The van der Waals surface area contributed by atoms with Crippen molar-refractivity contribution in [3.05, 3.63) is 30.9 Å². The molecule has 1 heterocycles. The van der Waals surface area contributed by atoms with Gasteiger partial charge in [-0.2, -0.15) is 0 Å². The number of hydrogen-bond donors (Lipinski definition) is 1. The molecule has 0 atom stereocenters. The third kappa shape index (κ3) is 4.46. The Labute approximate surface area is 137 Å². The topological polar surface area (TPSA) is 91.2 Å². The largest absolute Gasteiger partial charge is 0.493 e. The lowest BCUT2D eigenvalue weighted by Crippen LogP contribution is -2.14. The first-order valence-electron chi connectivity index (χ1n) is 6.69. The number of allylic oxidation sites excluding steroid dienone is 1. The zero-order chi connectivity index (χ0) is 16.7. The number of hydrogen-bond acceptors (Lipinski definition) is 7. The molecule has 0 saturated carbocycles. The van der Waals surface area contributed by atoms with Gasteiger partial charge in [0.1, 0.15) is 0 Å². The number of amides is 1. The van der Waals surface area contributed by atoms with Crippen molar-refractivity contribution in [1.82, 2.24) is 20.2 Å². The zero-order valence-electron chi connectivity index (χ0n) is 12.9. The van der Waals surface area contributed by atoms with E-state index in [1.807, 2.05) is 0 Å². The van der Waals surface area contributed by atoms with Gasteiger partial charge in [-0.1, -0.05) is 17.8 Å². The van der Waals surface area contributed by atoms with E-state index in [0.717, 1.165) is 0 Å². The first kappa shape index (κ1) is 16.8. The molecule has 122 valence electrons. The Hall–Kier alpha value is -2.55. The van der Waals surface area contributed by atoms with E-state index in [2.05, 4.69) is 27.4 Å². The van der Waals surface area contributed by atoms with Crippen LogP contribution in [-0.4, -0.2) is 46.1 Å². The second kappa shape index (κ2) is 8.18. The smallest absolute Gasteiger partial charge is 0.234 e. The Morgan fingerprint density at radius 2 is 2.17 bits per heavy atom. The number of anilines is 1. The van der Waals surface area contributed by atoms with Crippen LogP contribution in [0.15, 0.2) is 36.0 Å². The second-order valence-electron chi connectivity index (χ2n) is 4.34. The third-order valence-corrected chi connectivity index (χ3v) is 3.76. The van der Waals surface area contributed by atoms with Gasteiger partial charge in [0.15, 0.2) is 11.5 Å². The van der Waals surface area contributed by atoms with Crippen LogP contribution < -0.4 is 14.8 Å². The number of carbonyl (C=O) groups excluding carboxylic acids is 1. The molecule has 8 nitrogen and oxygen atoms in total. The molecule has 1 aromatic heterocycles. The summed E-state index contributed by atoms with van der Waals surface area (Å²) in [7, 11) is 3.10. The van der Waals surface area contributed by atoms with E-state index in [4.69, 9.17) is 9.47 Å². The van der Waals surface area contributed by atoms with Gasteiger partial charge in [-0.05, 0) is 22.6 Å². The van der Waals surface area contributed by atoms with Crippen molar-refractivity contribution in [2.45, 2.75) is 11.7 Å². The molecule has 0 unspecified atom stereocenters. The van der Waals surface area contributed by atoms with Crippen molar-refractivity contribution < 1.29 is 14.3 Å². The van der Waals surface area contributed by atoms with E-state index in [1.54, 1.807) is 43.2 Å². The molecule has 0 aliphatic heterocycles. The van der Waals surface area contributed by atoms with E-state index in [-0.39, 0.29) is 11.7 Å². The highest BCUT2D eigenvalue weighted by Crippen LogP contribution is 2.29. The van der Waals surface area contributed by atoms with Crippen LogP contribution in [0.2, 0.25) is 0 Å². The minimum atomic E-state index is -0.171. The average molecular weight is 335 g/mol. The van der Waals surface area contributed by atoms with Crippen LogP contribution in [-0.2, 0) is 11.3 Å². The highest BCUT2D eigenvalue weighted by Gasteiger charge is 2.11. The zero-order valence-corrected chi connectivity index (χ0v) is 13.7. The van der Waals surface area contributed by atoms with Crippen molar-refractivity contribution in [3.63, 3.8) is 0 Å². The van der Waals surface area contributed by atoms with Gasteiger partial charge in [-0.15, -0.1) is 11.7 Å². The van der Waals surface area contributed by atoms with E-state index < -0.39 is 0 Å². The Morgan fingerprint density at radius 1 is 1.39 bits per heavy atom. The fourth-order valence-electron chi connectivity index (χ4n) is 1.78. The minimum absolute atomic E-state index is 0.171. The third-order valence-electron chi connectivity index (χ3n) is 2.80. The number of nitrogens with zero attached hydrogens (tertiary/aromatic N) is 4. The average Bonchev–Trinajstić information content (AvgIpc) is 3.00. The lowest BCUT2D eigenvalue weighted by Gasteiger charge is -2.10. The number of carbonyl (C=O) groups is 1. The normalized spacial score (nSPS) is 10.2. The monoisotopic (exact) mass is 335 g/mol. The fourth-order valence-corrected chi connectivity index (χ4v) is 2.46. The molecular weight excluding hydrogens is 318 g/mol. The number of methoxy groups -OCH3 is 2. The number of aromatic nitrogens is 4. The van der Waals surface area contributed by atoms with Crippen LogP contribution in [0, 0.1) is 0 Å². The molecule has 0 fully saturated rings. The van der Waals surface area contributed by atoms with Gasteiger partial charge in [0, 0.05) is 11.8 Å².